The average molecular weight is 517 g/mol. The number of likely N-dealkylation sites (N-methyl/N-ethyl adjacent to an activating group) is 1. The molecule has 1 aromatic rings. The Morgan fingerprint density at radius 1 is 1.14 bits per heavy atom. The molecule has 0 radical (unpaired) electrons. The first kappa shape index (κ1) is 24.0. The minimum absolute atomic E-state index is 0. The average Bonchev–Trinajstić information content (AvgIpc) is 3.14. The highest BCUT2D eigenvalue weighted by molar-refractivity contribution is 14.0. The molecule has 0 aromatic carbocycles. The molecule has 1 saturated carbocycles. The number of nitrogens with one attached hydrogen (secondary N) is 1. The number of halogens is 1. The molecule has 1 aromatic heterocycles. The fourth-order valence-electron chi connectivity index (χ4n) is 4.42. The molecule has 1 aliphatic carbocycles. The lowest BCUT2D eigenvalue weighted by molar-refractivity contribution is 0.0656. The van der Waals surface area contributed by atoms with Gasteiger partial charge in [-0.3, -0.25) is 9.79 Å². The molecule has 164 valence electrons. The zero-order chi connectivity index (χ0) is 20.0. The number of furan rings is 1. The van der Waals surface area contributed by atoms with E-state index in [1.165, 1.54) is 38.5 Å². The first-order chi connectivity index (χ1) is 13.6. The van der Waals surface area contributed by atoms with Crippen molar-refractivity contribution in [3.05, 3.63) is 24.2 Å². The lowest BCUT2D eigenvalue weighted by Gasteiger charge is -2.42. The number of nitrogens with zero attached hydrogens (tertiary/aromatic N) is 4. The van der Waals surface area contributed by atoms with Crippen molar-refractivity contribution in [1.29, 1.82) is 0 Å². The third kappa shape index (κ3) is 5.87. The molecule has 2 aliphatic rings. The van der Waals surface area contributed by atoms with Crippen LogP contribution in [-0.2, 0) is 0 Å². The summed E-state index contributed by atoms with van der Waals surface area (Å²) < 4.78 is 5.25. The highest BCUT2D eigenvalue weighted by Crippen LogP contribution is 2.30. The summed E-state index contributed by atoms with van der Waals surface area (Å²) in [7, 11) is 6.25. The van der Waals surface area contributed by atoms with Gasteiger partial charge in [0.1, 0.15) is 0 Å². The van der Waals surface area contributed by atoms with Gasteiger partial charge in [-0.1, -0.05) is 25.7 Å². The van der Waals surface area contributed by atoms with E-state index in [4.69, 9.17) is 4.42 Å². The molecule has 7 nitrogen and oxygen atoms in total. The highest BCUT2D eigenvalue weighted by atomic mass is 127. The maximum atomic E-state index is 12.5. The Bertz CT molecular complexity index is 646. The van der Waals surface area contributed by atoms with E-state index in [2.05, 4.69) is 34.2 Å². The van der Waals surface area contributed by atoms with Crippen molar-refractivity contribution in [2.24, 2.45) is 4.99 Å². The van der Waals surface area contributed by atoms with Crippen molar-refractivity contribution in [2.75, 3.05) is 53.9 Å². The smallest absolute Gasteiger partial charge is 0.289 e. The molecule has 2 fully saturated rings. The van der Waals surface area contributed by atoms with Crippen molar-refractivity contribution in [1.82, 2.24) is 20.0 Å². The van der Waals surface area contributed by atoms with E-state index in [-0.39, 0.29) is 35.4 Å². The van der Waals surface area contributed by atoms with Crippen LogP contribution < -0.4 is 5.32 Å². The van der Waals surface area contributed by atoms with Crippen LogP contribution in [0.1, 0.15) is 49.1 Å². The molecular formula is C21H36IN5O2. The van der Waals surface area contributed by atoms with Crippen LogP contribution in [0.3, 0.4) is 0 Å². The quantitative estimate of drug-likeness (QED) is 0.288. The number of rotatable bonds is 4. The lowest BCUT2D eigenvalue weighted by Crippen LogP contribution is -2.58. The van der Waals surface area contributed by atoms with Gasteiger partial charge in [0.25, 0.3) is 5.91 Å². The topological polar surface area (TPSA) is 64.3 Å². The first-order valence-corrected chi connectivity index (χ1v) is 10.5. The molecule has 3 rings (SSSR count). The van der Waals surface area contributed by atoms with E-state index in [0.717, 1.165) is 25.6 Å². The standard InChI is InChI=1S/C21H35N5O2.HI/c1-22-20(23-17-21(24(2)3)10-6-4-5-7-11-21)26-14-12-25(13-15-26)19(27)18-9-8-16-28-18;/h8-9,16H,4-7,10-15,17H2,1-3H3,(H,22,23);1H. The van der Waals surface area contributed by atoms with Gasteiger partial charge in [0, 0.05) is 45.3 Å². The minimum Gasteiger partial charge on any atom is -0.459 e. The molecule has 0 unspecified atom stereocenters. The number of carbonyl (C=O) groups excluding carboxylic acids is 1. The summed E-state index contributed by atoms with van der Waals surface area (Å²) in [6.45, 7) is 3.83. The monoisotopic (exact) mass is 517 g/mol. The third-order valence-electron chi connectivity index (χ3n) is 6.37. The summed E-state index contributed by atoms with van der Waals surface area (Å²) in [6, 6.07) is 3.48. The van der Waals surface area contributed by atoms with Crippen molar-refractivity contribution >= 4 is 35.8 Å². The third-order valence-corrected chi connectivity index (χ3v) is 6.37. The fraction of sp³-hybridized carbons (Fsp3) is 0.714. The van der Waals surface area contributed by atoms with Gasteiger partial charge in [0.15, 0.2) is 11.7 Å². The molecule has 2 heterocycles. The second-order valence-corrected chi connectivity index (χ2v) is 8.19. The predicted octanol–water partition coefficient (Wildman–Crippen LogP) is 2.89. The van der Waals surface area contributed by atoms with Crippen LogP contribution in [0, 0.1) is 0 Å². The maximum Gasteiger partial charge on any atom is 0.289 e. The Kier molecular flexibility index (Phi) is 9.26. The van der Waals surface area contributed by atoms with Gasteiger partial charge in [0.2, 0.25) is 0 Å². The van der Waals surface area contributed by atoms with Gasteiger partial charge in [-0.2, -0.15) is 0 Å². The second-order valence-electron chi connectivity index (χ2n) is 8.19. The number of amides is 1. The molecule has 0 bridgehead atoms. The van der Waals surface area contributed by atoms with Crippen LogP contribution in [0.5, 0.6) is 0 Å². The van der Waals surface area contributed by atoms with E-state index in [9.17, 15) is 4.79 Å². The summed E-state index contributed by atoms with van der Waals surface area (Å²) in [4.78, 5) is 23.5. The zero-order valence-corrected chi connectivity index (χ0v) is 20.4. The number of piperazine rings is 1. The largest absolute Gasteiger partial charge is 0.459 e. The number of hydrogen-bond donors (Lipinski definition) is 1. The minimum atomic E-state index is -0.0300. The predicted molar refractivity (Wildman–Crippen MR) is 127 cm³/mol. The molecule has 29 heavy (non-hydrogen) atoms. The van der Waals surface area contributed by atoms with E-state index in [1.54, 1.807) is 18.4 Å². The van der Waals surface area contributed by atoms with Crippen LogP contribution in [-0.4, -0.2) is 86.0 Å². The van der Waals surface area contributed by atoms with Crippen LogP contribution >= 0.6 is 24.0 Å². The van der Waals surface area contributed by atoms with E-state index in [0.29, 0.717) is 18.8 Å². The molecule has 1 aliphatic heterocycles. The fourth-order valence-corrected chi connectivity index (χ4v) is 4.42. The van der Waals surface area contributed by atoms with Crippen molar-refractivity contribution in [3.63, 3.8) is 0 Å². The van der Waals surface area contributed by atoms with E-state index < -0.39 is 0 Å². The molecule has 1 N–H and O–H groups in total. The number of hydrogen-bond acceptors (Lipinski definition) is 4. The van der Waals surface area contributed by atoms with E-state index >= 15 is 0 Å². The van der Waals surface area contributed by atoms with Gasteiger partial charge in [-0.25, -0.2) is 0 Å². The Morgan fingerprint density at radius 2 is 1.76 bits per heavy atom. The Labute approximate surface area is 191 Å². The van der Waals surface area contributed by atoms with Crippen LogP contribution in [0.2, 0.25) is 0 Å². The summed E-state index contributed by atoms with van der Waals surface area (Å²) in [5.41, 5.74) is 0.198. The molecule has 1 amide bonds. The maximum absolute atomic E-state index is 12.5. The Balaban J connectivity index is 0.00000300. The summed E-state index contributed by atoms with van der Waals surface area (Å²) >= 11 is 0. The first-order valence-electron chi connectivity index (χ1n) is 10.5. The zero-order valence-electron chi connectivity index (χ0n) is 18.0. The van der Waals surface area contributed by atoms with Crippen molar-refractivity contribution in [2.45, 2.75) is 44.1 Å². The van der Waals surface area contributed by atoms with Gasteiger partial charge in [-0.05, 0) is 39.1 Å². The number of aliphatic imine (C=N–C) groups is 1. The second kappa shape index (κ2) is 11.2. The van der Waals surface area contributed by atoms with Crippen LogP contribution in [0.4, 0.5) is 0 Å². The summed E-state index contributed by atoms with van der Waals surface area (Å²) in [5, 5.41) is 3.64. The SMILES string of the molecule is CN=C(NCC1(N(C)C)CCCCCC1)N1CCN(C(=O)c2ccco2)CC1.I. The van der Waals surface area contributed by atoms with Gasteiger partial charge < -0.3 is 24.4 Å². The highest BCUT2D eigenvalue weighted by Gasteiger charge is 2.34. The number of guanidine groups is 1. The summed E-state index contributed by atoms with van der Waals surface area (Å²) in [5.74, 6) is 1.32. The molecular weight excluding hydrogens is 481 g/mol. The van der Waals surface area contributed by atoms with Crippen LogP contribution in [0.15, 0.2) is 27.8 Å². The normalized spacial score (nSPS) is 20.2. The molecule has 1 saturated heterocycles. The molecule has 0 spiro atoms. The van der Waals surface area contributed by atoms with Crippen LogP contribution in [0.25, 0.3) is 0 Å². The molecule has 8 heteroatoms. The van der Waals surface area contributed by atoms with Gasteiger partial charge >= 0.3 is 0 Å². The lowest BCUT2D eigenvalue weighted by atomic mass is 9.88. The van der Waals surface area contributed by atoms with Crippen molar-refractivity contribution < 1.29 is 9.21 Å². The Hall–Kier alpha value is -1.29. The van der Waals surface area contributed by atoms with E-state index in [1.807, 2.05) is 11.9 Å². The van der Waals surface area contributed by atoms with Gasteiger partial charge in [-0.15, -0.1) is 24.0 Å². The number of carbonyl (C=O) groups is 1. The van der Waals surface area contributed by atoms with Gasteiger partial charge in [0.05, 0.1) is 6.26 Å². The van der Waals surface area contributed by atoms with Crippen molar-refractivity contribution in [3.8, 4) is 0 Å². The molecule has 0 atom stereocenters. The summed E-state index contributed by atoms with van der Waals surface area (Å²) in [6.07, 6.45) is 9.29. The Morgan fingerprint density at radius 3 is 2.28 bits per heavy atom.